The molecule has 0 radical (unpaired) electrons. The minimum absolute atomic E-state index is 0.0870. The van der Waals surface area contributed by atoms with Gasteiger partial charge in [0.15, 0.2) is 0 Å². The molecule has 142 valence electrons. The third-order valence-corrected chi connectivity index (χ3v) is 6.58. The highest BCUT2D eigenvalue weighted by molar-refractivity contribution is 7.99. The lowest BCUT2D eigenvalue weighted by Crippen LogP contribution is -2.53. The number of carbonyl (C=O) groups is 1. The van der Waals surface area contributed by atoms with Crippen molar-refractivity contribution < 1.29 is 4.79 Å². The molecule has 0 aliphatic carbocycles. The number of benzene rings is 1. The molecule has 0 spiro atoms. The summed E-state index contributed by atoms with van der Waals surface area (Å²) in [5.74, 6) is 1.07. The number of rotatable bonds is 5. The second-order valence-corrected chi connectivity index (χ2v) is 8.26. The molecule has 2 saturated heterocycles. The van der Waals surface area contributed by atoms with Crippen LogP contribution in [0.25, 0.3) is 0 Å². The Labute approximate surface area is 165 Å². The normalized spacial score (nSPS) is 23.5. The molecule has 2 aliphatic heterocycles. The second kappa shape index (κ2) is 8.87. The number of hydrogen-bond acceptors (Lipinski definition) is 5. The van der Waals surface area contributed by atoms with Crippen molar-refractivity contribution in [3.8, 4) is 0 Å². The molecule has 2 atom stereocenters. The van der Waals surface area contributed by atoms with Crippen LogP contribution < -0.4 is 5.32 Å². The molecule has 27 heavy (non-hydrogen) atoms. The number of piperazine rings is 1. The van der Waals surface area contributed by atoms with E-state index in [9.17, 15) is 4.79 Å². The Morgan fingerprint density at radius 1 is 1.11 bits per heavy atom. The van der Waals surface area contributed by atoms with E-state index in [1.165, 1.54) is 5.56 Å². The van der Waals surface area contributed by atoms with Gasteiger partial charge in [0, 0.05) is 50.9 Å². The van der Waals surface area contributed by atoms with E-state index in [4.69, 9.17) is 0 Å². The monoisotopic (exact) mass is 382 g/mol. The summed E-state index contributed by atoms with van der Waals surface area (Å²) < 4.78 is 0. The summed E-state index contributed by atoms with van der Waals surface area (Å²) in [6.07, 6.45) is 4.73. The molecule has 0 saturated carbocycles. The summed E-state index contributed by atoms with van der Waals surface area (Å²) >= 11 is 1.79. The standard InChI is InChI=1S/C21H26N4OS/c26-21(19-16-27-20(23-19)18-7-4-9-22-15-18)25-13-11-24(12-14-25)10-8-17-5-2-1-3-6-17/h1-7,9,15,19-20,23H,8,10-14,16H2/t19-,20?/m0/s1. The van der Waals surface area contributed by atoms with Gasteiger partial charge in [0.1, 0.15) is 0 Å². The zero-order valence-electron chi connectivity index (χ0n) is 15.5. The molecule has 2 aliphatic rings. The number of hydrogen-bond donors (Lipinski definition) is 1. The van der Waals surface area contributed by atoms with Gasteiger partial charge in [0.05, 0.1) is 11.4 Å². The van der Waals surface area contributed by atoms with Gasteiger partial charge in [-0.1, -0.05) is 36.4 Å². The van der Waals surface area contributed by atoms with Gasteiger partial charge in [-0.2, -0.15) is 0 Å². The van der Waals surface area contributed by atoms with Crippen LogP contribution in [0, 0.1) is 0 Å². The number of nitrogens with zero attached hydrogens (tertiary/aromatic N) is 3. The average molecular weight is 383 g/mol. The predicted octanol–water partition coefficient (Wildman–Crippen LogP) is 2.17. The van der Waals surface area contributed by atoms with Crippen LogP contribution in [0.1, 0.15) is 16.5 Å². The largest absolute Gasteiger partial charge is 0.339 e. The highest BCUT2D eigenvalue weighted by Gasteiger charge is 2.34. The maximum atomic E-state index is 12.9. The van der Waals surface area contributed by atoms with E-state index in [2.05, 4.69) is 51.6 Å². The molecule has 4 rings (SSSR count). The molecule has 2 fully saturated rings. The highest BCUT2D eigenvalue weighted by Crippen LogP contribution is 2.32. The number of thioether (sulfide) groups is 1. The molecular formula is C21H26N4OS. The van der Waals surface area contributed by atoms with Crippen molar-refractivity contribution >= 4 is 17.7 Å². The molecule has 1 N–H and O–H groups in total. The first-order valence-corrected chi connectivity index (χ1v) is 10.7. The third-order valence-electron chi connectivity index (χ3n) is 5.31. The second-order valence-electron chi connectivity index (χ2n) is 7.12. The third kappa shape index (κ3) is 4.69. The van der Waals surface area contributed by atoms with Crippen LogP contribution in [-0.2, 0) is 11.2 Å². The van der Waals surface area contributed by atoms with Crippen LogP contribution in [0.15, 0.2) is 54.9 Å². The minimum Gasteiger partial charge on any atom is -0.339 e. The summed E-state index contributed by atoms with van der Waals surface area (Å²) in [5.41, 5.74) is 2.52. The fourth-order valence-corrected chi connectivity index (χ4v) is 4.90. The summed E-state index contributed by atoms with van der Waals surface area (Å²) in [6.45, 7) is 4.64. The zero-order chi connectivity index (χ0) is 18.5. The van der Waals surface area contributed by atoms with Crippen molar-refractivity contribution in [3.63, 3.8) is 0 Å². The SMILES string of the molecule is O=C([C@@H]1CSC(c2cccnc2)N1)N1CCN(CCc2ccccc2)CC1. The molecule has 1 aromatic carbocycles. The van der Waals surface area contributed by atoms with Crippen LogP contribution >= 0.6 is 11.8 Å². The van der Waals surface area contributed by atoms with Crippen molar-refractivity contribution in [2.24, 2.45) is 0 Å². The topological polar surface area (TPSA) is 48.5 Å². The van der Waals surface area contributed by atoms with Gasteiger partial charge in [0.2, 0.25) is 5.91 Å². The van der Waals surface area contributed by atoms with Gasteiger partial charge in [-0.15, -0.1) is 11.8 Å². The maximum absolute atomic E-state index is 12.9. The van der Waals surface area contributed by atoms with Crippen LogP contribution in [0.5, 0.6) is 0 Å². The van der Waals surface area contributed by atoms with E-state index >= 15 is 0 Å². The van der Waals surface area contributed by atoms with E-state index in [0.29, 0.717) is 0 Å². The van der Waals surface area contributed by atoms with Gasteiger partial charge in [-0.05, 0) is 23.6 Å². The number of amides is 1. The number of nitrogens with one attached hydrogen (secondary N) is 1. The minimum atomic E-state index is -0.0870. The van der Waals surface area contributed by atoms with Gasteiger partial charge < -0.3 is 4.90 Å². The number of aromatic nitrogens is 1. The number of carbonyl (C=O) groups excluding carboxylic acids is 1. The quantitative estimate of drug-likeness (QED) is 0.859. The Balaban J connectivity index is 1.23. The van der Waals surface area contributed by atoms with Crippen LogP contribution in [0.3, 0.4) is 0 Å². The summed E-state index contributed by atoms with van der Waals surface area (Å²) in [5, 5.41) is 3.65. The smallest absolute Gasteiger partial charge is 0.240 e. The Kier molecular flexibility index (Phi) is 6.07. The van der Waals surface area contributed by atoms with E-state index in [0.717, 1.165) is 50.5 Å². The molecule has 1 aromatic heterocycles. The van der Waals surface area contributed by atoms with Crippen LogP contribution in [0.4, 0.5) is 0 Å². The van der Waals surface area contributed by atoms with Gasteiger partial charge in [-0.3, -0.25) is 20.0 Å². The van der Waals surface area contributed by atoms with Gasteiger partial charge >= 0.3 is 0 Å². The van der Waals surface area contributed by atoms with E-state index in [-0.39, 0.29) is 17.3 Å². The first-order chi connectivity index (χ1) is 13.3. The fraction of sp³-hybridized carbons (Fsp3) is 0.429. The van der Waals surface area contributed by atoms with E-state index in [1.807, 2.05) is 17.2 Å². The maximum Gasteiger partial charge on any atom is 0.240 e. The summed E-state index contributed by atoms with van der Waals surface area (Å²) in [7, 11) is 0. The lowest BCUT2D eigenvalue weighted by atomic mass is 10.1. The van der Waals surface area contributed by atoms with Crippen LogP contribution in [-0.4, -0.2) is 65.2 Å². The molecule has 1 amide bonds. The lowest BCUT2D eigenvalue weighted by molar-refractivity contribution is -0.134. The highest BCUT2D eigenvalue weighted by atomic mass is 32.2. The molecule has 5 nitrogen and oxygen atoms in total. The number of pyridine rings is 1. The zero-order valence-corrected chi connectivity index (χ0v) is 16.3. The van der Waals surface area contributed by atoms with Crippen molar-refractivity contribution in [1.82, 2.24) is 20.1 Å². The Hall–Kier alpha value is -1.89. The summed E-state index contributed by atoms with van der Waals surface area (Å²) in [4.78, 5) is 21.6. The molecule has 0 bridgehead atoms. The van der Waals surface area contributed by atoms with Crippen molar-refractivity contribution in [1.29, 1.82) is 0 Å². The predicted molar refractivity (Wildman–Crippen MR) is 110 cm³/mol. The van der Waals surface area contributed by atoms with Gasteiger partial charge in [0.25, 0.3) is 0 Å². The van der Waals surface area contributed by atoms with Crippen molar-refractivity contribution in [3.05, 3.63) is 66.0 Å². The van der Waals surface area contributed by atoms with Crippen LogP contribution in [0.2, 0.25) is 0 Å². The van der Waals surface area contributed by atoms with Gasteiger partial charge in [-0.25, -0.2) is 0 Å². The molecule has 2 aromatic rings. The average Bonchev–Trinajstić information content (AvgIpc) is 3.24. The van der Waals surface area contributed by atoms with Crippen molar-refractivity contribution in [2.75, 3.05) is 38.5 Å². The first kappa shape index (κ1) is 18.5. The Bertz CT molecular complexity index is 734. The fourth-order valence-electron chi connectivity index (χ4n) is 3.68. The molecule has 6 heteroatoms. The lowest BCUT2D eigenvalue weighted by Gasteiger charge is -2.36. The summed E-state index contributed by atoms with van der Waals surface area (Å²) in [6, 6.07) is 14.5. The first-order valence-electron chi connectivity index (χ1n) is 9.62. The van der Waals surface area contributed by atoms with E-state index < -0.39 is 0 Å². The molecule has 3 heterocycles. The molecular weight excluding hydrogens is 356 g/mol. The van der Waals surface area contributed by atoms with E-state index in [1.54, 1.807) is 18.0 Å². The molecule has 1 unspecified atom stereocenters. The van der Waals surface area contributed by atoms with Crippen molar-refractivity contribution in [2.45, 2.75) is 17.8 Å². The Morgan fingerprint density at radius 3 is 2.67 bits per heavy atom. The Morgan fingerprint density at radius 2 is 1.93 bits per heavy atom.